The van der Waals surface area contributed by atoms with Gasteiger partial charge < -0.3 is 39.4 Å². The Kier molecular flexibility index (Phi) is 32.1. The summed E-state index contributed by atoms with van der Waals surface area (Å²) in [6, 6.07) is 0. The molecule has 1 saturated heterocycles. The van der Waals surface area contributed by atoms with Crippen molar-refractivity contribution in [2.45, 2.75) is 237 Å². The third-order valence-electron chi connectivity index (χ3n) is 10.2. The van der Waals surface area contributed by atoms with Crippen LogP contribution in [0.1, 0.15) is 200 Å². The third-order valence-corrected chi connectivity index (χ3v) is 10.2. The third kappa shape index (κ3) is 25.7. The van der Waals surface area contributed by atoms with Gasteiger partial charge in [-0.25, -0.2) is 0 Å². The lowest BCUT2D eigenvalue weighted by Gasteiger charge is -2.39. The van der Waals surface area contributed by atoms with Gasteiger partial charge in [-0.1, -0.05) is 174 Å². The lowest BCUT2D eigenvalue weighted by atomic mass is 9.99. The van der Waals surface area contributed by atoms with Gasteiger partial charge in [0.05, 0.1) is 13.2 Å². The van der Waals surface area contributed by atoms with Crippen LogP contribution in [0.15, 0.2) is 0 Å². The highest BCUT2D eigenvalue weighted by atomic mass is 16.7. The predicted molar refractivity (Wildman–Crippen MR) is 206 cm³/mol. The van der Waals surface area contributed by atoms with Crippen LogP contribution in [0.5, 0.6) is 0 Å². The number of carbonyl (C=O) groups excluding carboxylic acids is 2. The molecule has 1 heterocycles. The van der Waals surface area contributed by atoms with Crippen molar-refractivity contribution in [3.63, 3.8) is 0 Å². The molecule has 6 atom stereocenters. The van der Waals surface area contributed by atoms with Crippen molar-refractivity contribution in [2.75, 3.05) is 19.8 Å². The smallest absolute Gasteiger partial charge is 0.306 e. The molecule has 1 rings (SSSR count). The Morgan fingerprint density at radius 2 is 0.904 bits per heavy atom. The number of unbranched alkanes of at least 4 members (excludes halogenated alkanes) is 25. The Balaban J connectivity index is 2.25. The van der Waals surface area contributed by atoms with Crippen LogP contribution in [0.4, 0.5) is 0 Å². The summed E-state index contributed by atoms with van der Waals surface area (Å²) in [6.07, 6.45) is 25.6. The largest absolute Gasteiger partial charge is 0.462 e. The van der Waals surface area contributed by atoms with E-state index in [1.54, 1.807) is 0 Å². The van der Waals surface area contributed by atoms with E-state index in [0.717, 1.165) is 38.5 Å². The number of hydrogen-bond acceptors (Lipinski definition) is 10. The first-order valence-corrected chi connectivity index (χ1v) is 21.6. The number of ether oxygens (including phenoxy) is 4. The molecule has 0 aliphatic carbocycles. The zero-order valence-electron chi connectivity index (χ0n) is 33.3. The van der Waals surface area contributed by atoms with Crippen LogP contribution in [-0.4, -0.2) is 89.0 Å². The van der Waals surface area contributed by atoms with Crippen molar-refractivity contribution in [2.24, 2.45) is 0 Å². The highest BCUT2D eigenvalue weighted by Gasteiger charge is 2.44. The average molecular weight is 745 g/mol. The standard InChI is InChI=1S/C42H80O10/c1-3-5-7-9-11-13-14-15-16-17-18-19-20-21-22-23-25-26-28-30-37(44)49-33-35(51-38(45)31-29-27-24-12-10-8-6-4-2)34-50-42-41(48)40(47)39(46)36(32-43)52-42/h35-36,39-43,46-48H,3-34H2,1-2H3/t35-,36-,39+,40?,41?,42-/m0/s1. The summed E-state index contributed by atoms with van der Waals surface area (Å²) in [7, 11) is 0. The van der Waals surface area contributed by atoms with E-state index in [0.29, 0.717) is 6.42 Å². The first-order valence-electron chi connectivity index (χ1n) is 21.6. The van der Waals surface area contributed by atoms with Gasteiger partial charge in [0, 0.05) is 12.8 Å². The molecule has 0 radical (unpaired) electrons. The molecule has 52 heavy (non-hydrogen) atoms. The molecule has 308 valence electrons. The van der Waals surface area contributed by atoms with E-state index in [4.69, 9.17) is 18.9 Å². The Hall–Kier alpha value is -1.30. The fourth-order valence-corrected chi connectivity index (χ4v) is 6.78. The number of aliphatic hydroxyl groups is 4. The lowest BCUT2D eigenvalue weighted by molar-refractivity contribution is -0.305. The van der Waals surface area contributed by atoms with Crippen molar-refractivity contribution in [1.29, 1.82) is 0 Å². The minimum absolute atomic E-state index is 0.210. The maximum absolute atomic E-state index is 12.6. The van der Waals surface area contributed by atoms with Gasteiger partial charge in [-0.2, -0.15) is 0 Å². The van der Waals surface area contributed by atoms with Crippen molar-refractivity contribution in [3.05, 3.63) is 0 Å². The van der Waals surface area contributed by atoms with Gasteiger partial charge in [0.2, 0.25) is 0 Å². The number of hydrogen-bond donors (Lipinski definition) is 4. The van der Waals surface area contributed by atoms with E-state index in [1.165, 1.54) is 128 Å². The predicted octanol–water partition coefficient (Wildman–Crippen LogP) is 8.61. The minimum atomic E-state index is -1.59. The molecule has 0 amide bonds. The zero-order chi connectivity index (χ0) is 38.1. The summed E-state index contributed by atoms with van der Waals surface area (Å²) >= 11 is 0. The molecule has 0 spiro atoms. The van der Waals surface area contributed by atoms with E-state index >= 15 is 0 Å². The Morgan fingerprint density at radius 1 is 0.519 bits per heavy atom. The van der Waals surface area contributed by atoms with Gasteiger partial charge in [-0.05, 0) is 12.8 Å². The topological polar surface area (TPSA) is 152 Å². The summed E-state index contributed by atoms with van der Waals surface area (Å²) in [5, 5.41) is 39.9. The van der Waals surface area contributed by atoms with Crippen LogP contribution in [-0.2, 0) is 28.5 Å². The van der Waals surface area contributed by atoms with E-state index in [1.807, 2.05) is 0 Å². The van der Waals surface area contributed by atoms with Gasteiger partial charge >= 0.3 is 11.9 Å². The molecular formula is C42H80O10. The molecule has 0 aromatic rings. The quantitative estimate of drug-likeness (QED) is 0.0363. The van der Waals surface area contributed by atoms with Crippen LogP contribution in [0.25, 0.3) is 0 Å². The molecule has 10 heteroatoms. The van der Waals surface area contributed by atoms with Gasteiger partial charge in [0.1, 0.15) is 31.0 Å². The minimum Gasteiger partial charge on any atom is -0.462 e. The Labute approximate surface area is 317 Å². The van der Waals surface area contributed by atoms with Gasteiger partial charge in [-0.3, -0.25) is 9.59 Å². The van der Waals surface area contributed by atoms with Crippen molar-refractivity contribution < 1.29 is 49.0 Å². The Bertz CT molecular complexity index is 825. The molecule has 10 nitrogen and oxygen atoms in total. The van der Waals surface area contributed by atoms with Crippen LogP contribution in [0, 0.1) is 0 Å². The molecular weight excluding hydrogens is 664 g/mol. The first kappa shape index (κ1) is 48.7. The average Bonchev–Trinajstić information content (AvgIpc) is 3.14. The second kappa shape index (κ2) is 34.2. The maximum atomic E-state index is 12.6. The van der Waals surface area contributed by atoms with Crippen LogP contribution in [0.2, 0.25) is 0 Å². The van der Waals surface area contributed by atoms with Crippen molar-refractivity contribution in [3.8, 4) is 0 Å². The molecule has 0 aromatic heterocycles. The molecule has 0 saturated carbocycles. The number of carbonyl (C=O) groups is 2. The number of aliphatic hydroxyl groups excluding tert-OH is 4. The first-order chi connectivity index (χ1) is 25.3. The number of esters is 2. The molecule has 2 unspecified atom stereocenters. The summed E-state index contributed by atoms with van der Waals surface area (Å²) < 4.78 is 22.1. The second-order valence-electron chi connectivity index (χ2n) is 15.2. The van der Waals surface area contributed by atoms with Gasteiger partial charge in [0.25, 0.3) is 0 Å². The SMILES string of the molecule is CCCCCCCCCCCCCCCCCCCCCC(=O)OC[C@@H](CO[C@H]1O[C@@H](CO)[C@@H](O)C(O)C1O)OC(=O)CCCCCCCCCC. The summed E-state index contributed by atoms with van der Waals surface area (Å²) in [5.41, 5.74) is 0. The molecule has 0 bridgehead atoms. The van der Waals surface area contributed by atoms with E-state index in [-0.39, 0.29) is 32.0 Å². The monoisotopic (exact) mass is 745 g/mol. The van der Waals surface area contributed by atoms with Crippen LogP contribution < -0.4 is 0 Å². The lowest BCUT2D eigenvalue weighted by Crippen LogP contribution is -2.59. The summed E-state index contributed by atoms with van der Waals surface area (Å²) in [4.78, 5) is 25.2. The van der Waals surface area contributed by atoms with E-state index in [9.17, 15) is 30.0 Å². The van der Waals surface area contributed by atoms with E-state index in [2.05, 4.69) is 13.8 Å². The summed E-state index contributed by atoms with van der Waals surface area (Å²) in [5.74, 6) is -0.799. The van der Waals surface area contributed by atoms with Crippen LogP contribution in [0.3, 0.4) is 0 Å². The Morgan fingerprint density at radius 3 is 1.31 bits per heavy atom. The normalized spacial score (nSPS) is 20.9. The highest BCUT2D eigenvalue weighted by Crippen LogP contribution is 2.23. The second-order valence-corrected chi connectivity index (χ2v) is 15.2. The van der Waals surface area contributed by atoms with Gasteiger partial charge in [-0.15, -0.1) is 0 Å². The van der Waals surface area contributed by atoms with E-state index < -0.39 is 49.4 Å². The summed E-state index contributed by atoms with van der Waals surface area (Å²) in [6.45, 7) is 3.40. The molecule has 0 aromatic carbocycles. The zero-order valence-corrected chi connectivity index (χ0v) is 33.3. The molecule has 1 aliphatic heterocycles. The van der Waals surface area contributed by atoms with Crippen molar-refractivity contribution >= 4 is 11.9 Å². The molecule has 1 aliphatic rings. The maximum Gasteiger partial charge on any atom is 0.306 e. The molecule has 4 N–H and O–H groups in total. The highest BCUT2D eigenvalue weighted by molar-refractivity contribution is 5.70. The van der Waals surface area contributed by atoms with Crippen LogP contribution >= 0.6 is 0 Å². The van der Waals surface area contributed by atoms with Crippen molar-refractivity contribution in [1.82, 2.24) is 0 Å². The number of rotatable bonds is 36. The van der Waals surface area contributed by atoms with Gasteiger partial charge in [0.15, 0.2) is 12.4 Å². The molecule has 1 fully saturated rings. The fraction of sp³-hybridized carbons (Fsp3) is 0.952. The fourth-order valence-electron chi connectivity index (χ4n) is 6.78.